The van der Waals surface area contributed by atoms with E-state index in [0.29, 0.717) is 10.0 Å². The Morgan fingerprint density at radius 2 is 1.81 bits per heavy atom. The van der Waals surface area contributed by atoms with Gasteiger partial charge in [0.05, 0.1) is 0 Å². The standard InChI is InChI=1S/C22H26Cl2N2/c1-5-22(3,4)25-13-19-15(2)26(21-9-7-6-8-18(19)21)14-16-10-11-17(23)12-20(16)24/h6-12,25H,5,13-14H2,1-4H3. The number of fused-ring (bicyclic) bond motifs is 1. The minimum absolute atomic E-state index is 0.120. The fraction of sp³-hybridized carbons (Fsp3) is 0.364. The van der Waals surface area contributed by atoms with E-state index in [1.165, 1.54) is 22.2 Å². The number of aromatic nitrogens is 1. The quantitative estimate of drug-likeness (QED) is 0.504. The number of nitrogens with zero attached hydrogens (tertiary/aromatic N) is 1. The van der Waals surface area contributed by atoms with Crippen LogP contribution in [0.1, 0.15) is 44.0 Å². The molecule has 2 nitrogen and oxygen atoms in total. The van der Waals surface area contributed by atoms with Crippen LogP contribution in [0.3, 0.4) is 0 Å². The van der Waals surface area contributed by atoms with E-state index in [-0.39, 0.29) is 5.54 Å². The number of rotatable bonds is 6. The zero-order valence-electron chi connectivity index (χ0n) is 15.9. The summed E-state index contributed by atoms with van der Waals surface area (Å²) in [7, 11) is 0. The fourth-order valence-corrected chi connectivity index (χ4v) is 3.67. The van der Waals surface area contributed by atoms with Gasteiger partial charge in [0, 0.05) is 45.3 Å². The maximum absolute atomic E-state index is 6.42. The molecule has 1 aromatic heterocycles. The molecular formula is C22H26Cl2N2. The van der Waals surface area contributed by atoms with Crippen LogP contribution in [0.4, 0.5) is 0 Å². The van der Waals surface area contributed by atoms with Gasteiger partial charge in [-0.15, -0.1) is 0 Å². The third kappa shape index (κ3) is 3.93. The Morgan fingerprint density at radius 3 is 2.50 bits per heavy atom. The molecule has 0 aliphatic rings. The van der Waals surface area contributed by atoms with Crippen LogP contribution in [0.15, 0.2) is 42.5 Å². The van der Waals surface area contributed by atoms with E-state index in [4.69, 9.17) is 23.2 Å². The molecule has 26 heavy (non-hydrogen) atoms. The summed E-state index contributed by atoms with van der Waals surface area (Å²) >= 11 is 12.5. The van der Waals surface area contributed by atoms with E-state index in [2.05, 4.69) is 61.8 Å². The Kier molecular flexibility index (Phi) is 5.67. The summed E-state index contributed by atoms with van der Waals surface area (Å²) in [6, 6.07) is 14.3. The molecular weight excluding hydrogens is 363 g/mol. The number of hydrogen-bond acceptors (Lipinski definition) is 1. The van der Waals surface area contributed by atoms with Crippen molar-refractivity contribution in [2.45, 2.75) is 52.7 Å². The summed E-state index contributed by atoms with van der Waals surface area (Å²) in [6.45, 7) is 10.5. The second-order valence-electron chi connectivity index (χ2n) is 7.49. The molecule has 0 aliphatic carbocycles. The van der Waals surface area contributed by atoms with Crippen LogP contribution in [-0.4, -0.2) is 10.1 Å². The highest BCUT2D eigenvalue weighted by Gasteiger charge is 2.18. The minimum atomic E-state index is 0.120. The smallest absolute Gasteiger partial charge is 0.0493 e. The maximum Gasteiger partial charge on any atom is 0.0493 e. The largest absolute Gasteiger partial charge is 0.340 e. The van der Waals surface area contributed by atoms with Gasteiger partial charge in [-0.05, 0) is 56.5 Å². The predicted molar refractivity (Wildman–Crippen MR) is 113 cm³/mol. The molecule has 0 atom stereocenters. The highest BCUT2D eigenvalue weighted by molar-refractivity contribution is 6.35. The third-order valence-corrected chi connectivity index (χ3v) is 5.92. The Morgan fingerprint density at radius 1 is 1.08 bits per heavy atom. The first-order chi connectivity index (χ1) is 12.3. The van der Waals surface area contributed by atoms with Crippen molar-refractivity contribution < 1.29 is 0 Å². The predicted octanol–water partition coefficient (Wildman–Crippen LogP) is 6.58. The average molecular weight is 389 g/mol. The monoisotopic (exact) mass is 388 g/mol. The van der Waals surface area contributed by atoms with Gasteiger partial charge in [0.15, 0.2) is 0 Å². The molecule has 3 rings (SSSR count). The van der Waals surface area contributed by atoms with Crippen LogP contribution in [0.5, 0.6) is 0 Å². The highest BCUT2D eigenvalue weighted by Crippen LogP contribution is 2.29. The number of hydrogen-bond donors (Lipinski definition) is 1. The molecule has 3 aromatic rings. The first kappa shape index (κ1) is 19.3. The molecule has 0 saturated carbocycles. The van der Waals surface area contributed by atoms with E-state index in [1.54, 1.807) is 0 Å². The van der Waals surface area contributed by atoms with Gasteiger partial charge >= 0.3 is 0 Å². The van der Waals surface area contributed by atoms with Crippen molar-refractivity contribution in [3.8, 4) is 0 Å². The number of benzene rings is 2. The molecule has 2 aromatic carbocycles. The van der Waals surface area contributed by atoms with Gasteiger partial charge in [-0.1, -0.05) is 54.4 Å². The second-order valence-corrected chi connectivity index (χ2v) is 8.34. The van der Waals surface area contributed by atoms with Crippen molar-refractivity contribution in [2.75, 3.05) is 0 Å². The van der Waals surface area contributed by atoms with Gasteiger partial charge in [-0.25, -0.2) is 0 Å². The summed E-state index contributed by atoms with van der Waals surface area (Å²) in [5, 5.41) is 6.37. The molecule has 1 N–H and O–H groups in total. The zero-order chi connectivity index (χ0) is 18.9. The molecule has 0 unspecified atom stereocenters. The van der Waals surface area contributed by atoms with Gasteiger partial charge in [0.2, 0.25) is 0 Å². The maximum atomic E-state index is 6.42. The molecule has 0 radical (unpaired) electrons. The first-order valence-corrected chi connectivity index (χ1v) is 9.83. The van der Waals surface area contributed by atoms with E-state index in [9.17, 15) is 0 Å². The van der Waals surface area contributed by atoms with Crippen LogP contribution in [0, 0.1) is 6.92 Å². The molecule has 0 spiro atoms. The lowest BCUT2D eigenvalue weighted by atomic mass is 10.0. The van der Waals surface area contributed by atoms with Crippen molar-refractivity contribution in [3.05, 3.63) is 69.3 Å². The number of halogens is 2. The molecule has 0 amide bonds. The molecule has 0 bridgehead atoms. The van der Waals surface area contributed by atoms with Crippen LogP contribution in [0.25, 0.3) is 10.9 Å². The zero-order valence-corrected chi connectivity index (χ0v) is 17.4. The summed E-state index contributed by atoms with van der Waals surface area (Å²) in [5.74, 6) is 0. The normalized spacial score (nSPS) is 12.1. The fourth-order valence-electron chi connectivity index (χ4n) is 3.20. The van der Waals surface area contributed by atoms with Gasteiger partial charge < -0.3 is 9.88 Å². The Labute approximate surface area is 166 Å². The lowest BCUT2D eigenvalue weighted by Gasteiger charge is -2.24. The highest BCUT2D eigenvalue weighted by atomic mass is 35.5. The summed E-state index contributed by atoms with van der Waals surface area (Å²) in [4.78, 5) is 0. The van der Waals surface area contributed by atoms with Crippen molar-refractivity contribution in [2.24, 2.45) is 0 Å². The SMILES string of the molecule is CCC(C)(C)NCc1c(C)n(Cc2ccc(Cl)cc2Cl)c2ccccc12. The lowest BCUT2D eigenvalue weighted by molar-refractivity contribution is 0.374. The molecule has 0 saturated heterocycles. The van der Waals surface area contributed by atoms with E-state index < -0.39 is 0 Å². The Hall–Kier alpha value is -1.48. The van der Waals surface area contributed by atoms with Crippen molar-refractivity contribution >= 4 is 34.1 Å². The molecule has 0 aliphatic heterocycles. The van der Waals surface area contributed by atoms with Crippen LogP contribution in [-0.2, 0) is 13.1 Å². The van der Waals surface area contributed by atoms with Crippen molar-refractivity contribution in [1.29, 1.82) is 0 Å². The van der Waals surface area contributed by atoms with Gasteiger partial charge in [0.25, 0.3) is 0 Å². The van der Waals surface area contributed by atoms with Gasteiger partial charge in [0.1, 0.15) is 0 Å². The molecule has 138 valence electrons. The second kappa shape index (κ2) is 7.64. The number of nitrogens with one attached hydrogen (secondary N) is 1. The van der Waals surface area contributed by atoms with Gasteiger partial charge in [-0.3, -0.25) is 0 Å². The van der Waals surface area contributed by atoms with E-state index >= 15 is 0 Å². The van der Waals surface area contributed by atoms with Crippen LogP contribution in [0.2, 0.25) is 10.0 Å². The summed E-state index contributed by atoms with van der Waals surface area (Å²) in [5.41, 5.74) is 5.06. The van der Waals surface area contributed by atoms with E-state index in [0.717, 1.165) is 25.1 Å². The molecule has 0 fully saturated rings. The number of para-hydroxylation sites is 1. The van der Waals surface area contributed by atoms with Crippen LogP contribution >= 0.6 is 23.2 Å². The Bertz CT molecular complexity index is 925. The summed E-state index contributed by atoms with van der Waals surface area (Å²) < 4.78 is 2.35. The minimum Gasteiger partial charge on any atom is -0.340 e. The lowest BCUT2D eigenvalue weighted by Crippen LogP contribution is -2.37. The topological polar surface area (TPSA) is 17.0 Å². The van der Waals surface area contributed by atoms with Crippen molar-refractivity contribution in [1.82, 2.24) is 9.88 Å². The van der Waals surface area contributed by atoms with E-state index in [1.807, 2.05) is 18.2 Å². The summed E-state index contributed by atoms with van der Waals surface area (Å²) in [6.07, 6.45) is 1.09. The first-order valence-electron chi connectivity index (χ1n) is 9.08. The van der Waals surface area contributed by atoms with Crippen molar-refractivity contribution in [3.63, 3.8) is 0 Å². The molecule has 1 heterocycles. The van der Waals surface area contributed by atoms with Gasteiger partial charge in [-0.2, -0.15) is 0 Å². The molecule has 4 heteroatoms. The third-order valence-electron chi connectivity index (χ3n) is 5.33. The van der Waals surface area contributed by atoms with Crippen LogP contribution < -0.4 is 5.32 Å². The Balaban J connectivity index is 2.02. The average Bonchev–Trinajstić information content (AvgIpc) is 2.87.